The Labute approximate surface area is 145 Å². The molecule has 2 aromatic carbocycles. The third-order valence-corrected chi connectivity index (χ3v) is 4.63. The van der Waals surface area contributed by atoms with E-state index < -0.39 is 0 Å². The summed E-state index contributed by atoms with van der Waals surface area (Å²) in [7, 11) is 1.59. The summed E-state index contributed by atoms with van der Waals surface area (Å²) in [6, 6.07) is 15.2. The van der Waals surface area contributed by atoms with E-state index in [1.807, 2.05) is 55.5 Å². The van der Waals surface area contributed by atoms with Gasteiger partial charge in [0.25, 0.3) is 11.1 Å². The molecule has 0 unspecified atom stereocenters. The van der Waals surface area contributed by atoms with Gasteiger partial charge in [-0.05, 0) is 48.0 Å². The Bertz CT molecular complexity index is 812. The minimum atomic E-state index is -0.256. The number of rotatable bonds is 4. The lowest BCUT2D eigenvalue weighted by Crippen LogP contribution is -2.27. The summed E-state index contributed by atoms with van der Waals surface area (Å²) in [5.41, 5.74) is 2.92. The average molecular weight is 339 g/mol. The van der Waals surface area contributed by atoms with Gasteiger partial charge in [0.05, 0.1) is 18.6 Å². The summed E-state index contributed by atoms with van der Waals surface area (Å²) in [6.45, 7) is 2.25. The third kappa shape index (κ3) is 3.51. The number of hydrogen-bond acceptors (Lipinski definition) is 4. The summed E-state index contributed by atoms with van der Waals surface area (Å²) in [4.78, 5) is 26.4. The van der Waals surface area contributed by atoms with Gasteiger partial charge in [-0.3, -0.25) is 14.5 Å². The van der Waals surface area contributed by atoms with Gasteiger partial charge in [-0.2, -0.15) is 0 Å². The quantitative estimate of drug-likeness (QED) is 0.782. The minimum absolute atomic E-state index is 0.243. The Balaban J connectivity index is 1.79. The smallest absolute Gasteiger partial charge is 0.293 e. The molecule has 3 rings (SSSR count). The molecule has 2 amide bonds. The van der Waals surface area contributed by atoms with Crippen LogP contribution in [0.2, 0.25) is 0 Å². The molecule has 5 heteroatoms. The molecule has 1 saturated heterocycles. The van der Waals surface area contributed by atoms with Gasteiger partial charge in [-0.25, -0.2) is 0 Å². The number of imide groups is 1. The monoisotopic (exact) mass is 339 g/mol. The highest BCUT2D eigenvalue weighted by Crippen LogP contribution is 2.33. The number of hydrogen-bond donors (Lipinski definition) is 0. The number of carbonyl (C=O) groups is 2. The van der Waals surface area contributed by atoms with Crippen molar-refractivity contribution in [1.29, 1.82) is 0 Å². The maximum atomic E-state index is 12.5. The van der Waals surface area contributed by atoms with E-state index in [1.165, 1.54) is 4.90 Å². The summed E-state index contributed by atoms with van der Waals surface area (Å²) >= 11 is 0.977. The molecule has 1 aliphatic heterocycles. The van der Waals surface area contributed by atoms with Crippen LogP contribution in [-0.4, -0.2) is 23.2 Å². The van der Waals surface area contributed by atoms with Gasteiger partial charge in [0.15, 0.2) is 0 Å². The zero-order valence-electron chi connectivity index (χ0n) is 13.5. The summed E-state index contributed by atoms with van der Waals surface area (Å²) < 4.78 is 5.18. The van der Waals surface area contributed by atoms with E-state index in [4.69, 9.17) is 4.74 Å². The SMILES string of the molecule is COc1cccc(CN2C(=O)SC(=Cc3ccc(C)cc3)C2=O)c1. The van der Waals surface area contributed by atoms with Crippen LogP contribution in [0.15, 0.2) is 53.4 Å². The molecule has 0 spiro atoms. The number of benzene rings is 2. The molecule has 2 aromatic rings. The Morgan fingerprint density at radius 2 is 1.88 bits per heavy atom. The van der Waals surface area contributed by atoms with Gasteiger partial charge < -0.3 is 4.74 Å². The van der Waals surface area contributed by atoms with Gasteiger partial charge >= 0.3 is 0 Å². The van der Waals surface area contributed by atoms with Gasteiger partial charge in [-0.1, -0.05) is 42.0 Å². The van der Waals surface area contributed by atoms with Crippen LogP contribution in [-0.2, 0) is 11.3 Å². The maximum absolute atomic E-state index is 12.5. The molecule has 0 bridgehead atoms. The van der Waals surface area contributed by atoms with Crippen LogP contribution in [0.5, 0.6) is 5.75 Å². The van der Waals surface area contributed by atoms with E-state index in [9.17, 15) is 9.59 Å². The van der Waals surface area contributed by atoms with Crippen LogP contribution in [0.4, 0.5) is 4.79 Å². The van der Waals surface area contributed by atoms with Crippen molar-refractivity contribution in [2.45, 2.75) is 13.5 Å². The zero-order chi connectivity index (χ0) is 17.1. The molecule has 1 aliphatic rings. The molecule has 4 nitrogen and oxygen atoms in total. The normalized spacial score (nSPS) is 16.1. The number of nitrogens with zero attached hydrogens (tertiary/aromatic N) is 1. The molecule has 0 saturated carbocycles. The van der Waals surface area contributed by atoms with Crippen LogP contribution in [0.1, 0.15) is 16.7 Å². The lowest BCUT2D eigenvalue weighted by Gasteiger charge is -2.13. The predicted molar refractivity (Wildman–Crippen MR) is 95.7 cm³/mol. The molecule has 1 fully saturated rings. The highest BCUT2D eigenvalue weighted by Gasteiger charge is 2.34. The second-order valence-corrected chi connectivity index (χ2v) is 6.52. The molecule has 0 radical (unpaired) electrons. The largest absolute Gasteiger partial charge is 0.497 e. The van der Waals surface area contributed by atoms with E-state index in [2.05, 4.69) is 0 Å². The van der Waals surface area contributed by atoms with Crippen LogP contribution in [0.3, 0.4) is 0 Å². The number of methoxy groups -OCH3 is 1. The average Bonchev–Trinajstić information content (AvgIpc) is 2.85. The van der Waals surface area contributed by atoms with Crippen molar-refractivity contribution in [1.82, 2.24) is 4.90 Å². The molecule has 122 valence electrons. The minimum Gasteiger partial charge on any atom is -0.497 e. The highest BCUT2D eigenvalue weighted by atomic mass is 32.2. The van der Waals surface area contributed by atoms with E-state index in [1.54, 1.807) is 13.2 Å². The first-order chi connectivity index (χ1) is 11.6. The Hall–Kier alpha value is -2.53. The van der Waals surface area contributed by atoms with E-state index in [-0.39, 0.29) is 17.7 Å². The number of ether oxygens (including phenoxy) is 1. The van der Waals surface area contributed by atoms with Crippen molar-refractivity contribution in [2.24, 2.45) is 0 Å². The van der Waals surface area contributed by atoms with Crippen molar-refractivity contribution >= 4 is 29.0 Å². The molecule has 0 N–H and O–H groups in total. The zero-order valence-corrected chi connectivity index (χ0v) is 14.3. The second kappa shape index (κ2) is 6.93. The first-order valence-electron chi connectivity index (χ1n) is 7.52. The summed E-state index contributed by atoms with van der Waals surface area (Å²) in [5.74, 6) is 0.447. The van der Waals surface area contributed by atoms with Crippen molar-refractivity contribution in [3.8, 4) is 5.75 Å². The fraction of sp³-hybridized carbons (Fsp3) is 0.158. The lowest BCUT2D eigenvalue weighted by atomic mass is 10.1. The standard InChI is InChI=1S/C19H17NO3S/c1-13-6-8-14(9-7-13)11-17-18(21)20(19(22)24-17)12-15-4-3-5-16(10-15)23-2/h3-11H,12H2,1-2H3. The van der Waals surface area contributed by atoms with Crippen LogP contribution >= 0.6 is 11.8 Å². The number of thioether (sulfide) groups is 1. The van der Waals surface area contributed by atoms with E-state index >= 15 is 0 Å². The maximum Gasteiger partial charge on any atom is 0.293 e. The van der Waals surface area contributed by atoms with Crippen LogP contribution in [0, 0.1) is 6.92 Å². The lowest BCUT2D eigenvalue weighted by molar-refractivity contribution is -0.123. The molecule has 0 atom stereocenters. The Morgan fingerprint density at radius 1 is 1.12 bits per heavy atom. The Kier molecular flexibility index (Phi) is 4.71. The van der Waals surface area contributed by atoms with Crippen molar-refractivity contribution in [3.05, 3.63) is 70.1 Å². The summed E-state index contributed by atoms with van der Waals surface area (Å²) in [6.07, 6.45) is 1.76. The van der Waals surface area contributed by atoms with Crippen LogP contribution in [0.25, 0.3) is 6.08 Å². The Morgan fingerprint density at radius 3 is 2.58 bits per heavy atom. The number of carbonyl (C=O) groups excluding carboxylic acids is 2. The fourth-order valence-electron chi connectivity index (χ4n) is 2.40. The second-order valence-electron chi connectivity index (χ2n) is 5.53. The molecule has 1 heterocycles. The van der Waals surface area contributed by atoms with Gasteiger partial charge in [0.2, 0.25) is 0 Å². The molecule has 24 heavy (non-hydrogen) atoms. The predicted octanol–water partition coefficient (Wildman–Crippen LogP) is 4.24. The van der Waals surface area contributed by atoms with Gasteiger partial charge in [-0.15, -0.1) is 0 Å². The number of aryl methyl sites for hydroxylation is 1. The van der Waals surface area contributed by atoms with Gasteiger partial charge in [0.1, 0.15) is 5.75 Å². The van der Waals surface area contributed by atoms with E-state index in [0.717, 1.165) is 28.5 Å². The van der Waals surface area contributed by atoms with Crippen molar-refractivity contribution < 1.29 is 14.3 Å². The first-order valence-corrected chi connectivity index (χ1v) is 8.33. The third-order valence-electron chi connectivity index (χ3n) is 3.72. The number of amides is 2. The molecule has 0 aliphatic carbocycles. The highest BCUT2D eigenvalue weighted by molar-refractivity contribution is 8.18. The van der Waals surface area contributed by atoms with Crippen molar-refractivity contribution in [3.63, 3.8) is 0 Å². The first kappa shape index (κ1) is 16.3. The van der Waals surface area contributed by atoms with E-state index in [0.29, 0.717) is 10.7 Å². The molecular weight excluding hydrogens is 322 g/mol. The van der Waals surface area contributed by atoms with Gasteiger partial charge in [0, 0.05) is 0 Å². The fourth-order valence-corrected chi connectivity index (χ4v) is 3.24. The molecular formula is C19H17NO3S. The molecule has 0 aromatic heterocycles. The van der Waals surface area contributed by atoms with Crippen molar-refractivity contribution in [2.75, 3.05) is 7.11 Å². The topological polar surface area (TPSA) is 46.6 Å². The van der Waals surface area contributed by atoms with Crippen LogP contribution < -0.4 is 4.74 Å². The summed E-state index contributed by atoms with van der Waals surface area (Å²) in [5, 5.41) is -0.249.